The molecule has 2 aliphatic heterocycles. The molecular weight excluding hydrogens is 378 g/mol. The number of hydrogen-bond donors (Lipinski definition) is 1. The van der Waals surface area contributed by atoms with Crippen LogP contribution >= 0.6 is 0 Å². The molecule has 1 amide bonds. The second-order valence-electron chi connectivity index (χ2n) is 9.82. The van der Waals surface area contributed by atoms with E-state index >= 15 is 0 Å². The van der Waals surface area contributed by atoms with E-state index in [4.69, 9.17) is 9.84 Å². The SMILES string of the molecule is Cc1[nH]c2ncc(-c3cc4n(n3)CCC43CCN(C(=O)OC(C)(C)C)C3)cc2c1C. The van der Waals surface area contributed by atoms with Gasteiger partial charge in [0.2, 0.25) is 0 Å². The fourth-order valence-electron chi connectivity index (χ4n) is 4.83. The van der Waals surface area contributed by atoms with Gasteiger partial charge < -0.3 is 14.6 Å². The molecule has 158 valence electrons. The van der Waals surface area contributed by atoms with Crippen LogP contribution in [0, 0.1) is 13.8 Å². The van der Waals surface area contributed by atoms with E-state index in [1.54, 1.807) is 0 Å². The fourth-order valence-corrected chi connectivity index (χ4v) is 4.83. The maximum atomic E-state index is 12.6. The van der Waals surface area contributed by atoms with Crippen LogP contribution in [0.15, 0.2) is 18.3 Å². The highest BCUT2D eigenvalue weighted by Crippen LogP contribution is 2.44. The Morgan fingerprint density at radius 1 is 1.20 bits per heavy atom. The van der Waals surface area contributed by atoms with Gasteiger partial charge in [0.25, 0.3) is 0 Å². The minimum atomic E-state index is -0.474. The molecule has 7 nitrogen and oxygen atoms in total. The number of aromatic amines is 1. The van der Waals surface area contributed by atoms with Gasteiger partial charge >= 0.3 is 6.09 Å². The predicted molar refractivity (Wildman–Crippen MR) is 116 cm³/mol. The summed E-state index contributed by atoms with van der Waals surface area (Å²) in [6, 6.07) is 4.37. The molecule has 0 aliphatic carbocycles. The van der Waals surface area contributed by atoms with Crippen LogP contribution in [0.1, 0.15) is 50.6 Å². The van der Waals surface area contributed by atoms with Crippen molar-refractivity contribution in [3.8, 4) is 11.3 Å². The van der Waals surface area contributed by atoms with E-state index in [0.29, 0.717) is 6.54 Å². The minimum absolute atomic E-state index is 0.0275. The van der Waals surface area contributed by atoms with E-state index in [9.17, 15) is 4.79 Å². The zero-order valence-electron chi connectivity index (χ0n) is 18.4. The maximum absolute atomic E-state index is 12.6. The number of hydrogen-bond acceptors (Lipinski definition) is 4. The molecule has 0 radical (unpaired) electrons. The highest BCUT2D eigenvalue weighted by molar-refractivity contribution is 5.85. The molecule has 0 aromatic carbocycles. The number of H-pyrrole nitrogens is 1. The first-order valence-electron chi connectivity index (χ1n) is 10.7. The van der Waals surface area contributed by atoms with Gasteiger partial charge in [0.15, 0.2) is 0 Å². The summed E-state index contributed by atoms with van der Waals surface area (Å²) in [6.07, 6.45) is 3.64. The average molecular weight is 408 g/mol. The Balaban J connectivity index is 1.43. The molecule has 30 heavy (non-hydrogen) atoms. The molecule has 5 heterocycles. The molecule has 2 aliphatic rings. The van der Waals surface area contributed by atoms with Gasteiger partial charge in [-0.2, -0.15) is 5.10 Å². The molecule has 7 heteroatoms. The lowest BCUT2D eigenvalue weighted by Gasteiger charge is -2.26. The van der Waals surface area contributed by atoms with Gasteiger partial charge in [0.1, 0.15) is 11.2 Å². The summed E-state index contributed by atoms with van der Waals surface area (Å²) >= 11 is 0. The lowest BCUT2D eigenvalue weighted by Crippen LogP contribution is -2.37. The van der Waals surface area contributed by atoms with Gasteiger partial charge in [-0.3, -0.25) is 4.68 Å². The summed E-state index contributed by atoms with van der Waals surface area (Å²) in [7, 11) is 0. The number of aromatic nitrogens is 4. The first-order chi connectivity index (χ1) is 14.2. The van der Waals surface area contributed by atoms with Gasteiger partial charge in [0.05, 0.1) is 5.69 Å². The molecule has 1 spiro atoms. The summed E-state index contributed by atoms with van der Waals surface area (Å²) in [5.74, 6) is 0. The van der Waals surface area contributed by atoms with Crippen molar-refractivity contribution in [3.63, 3.8) is 0 Å². The number of carbonyl (C=O) groups is 1. The van der Waals surface area contributed by atoms with Crippen LogP contribution in [-0.4, -0.2) is 49.4 Å². The van der Waals surface area contributed by atoms with Crippen LogP contribution in [0.4, 0.5) is 4.79 Å². The lowest BCUT2D eigenvalue weighted by molar-refractivity contribution is 0.0284. The van der Waals surface area contributed by atoms with Crippen molar-refractivity contribution in [1.29, 1.82) is 0 Å². The largest absolute Gasteiger partial charge is 0.444 e. The molecule has 1 atom stereocenters. The zero-order chi connectivity index (χ0) is 21.3. The van der Waals surface area contributed by atoms with Gasteiger partial charge in [-0.15, -0.1) is 0 Å². The first-order valence-corrected chi connectivity index (χ1v) is 10.7. The maximum Gasteiger partial charge on any atom is 0.410 e. The van der Waals surface area contributed by atoms with Crippen LogP contribution in [-0.2, 0) is 16.7 Å². The predicted octanol–water partition coefficient (Wildman–Crippen LogP) is 4.33. The van der Waals surface area contributed by atoms with E-state index in [0.717, 1.165) is 53.9 Å². The Kier molecular flexibility index (Phi) is 4.04. The van der Waals surface area contributed by atoms with E-state index < -0.39 is 5.60 Å². The molecule has 1 saturated heterocycles. The van der Waals surface area contributed by atoms with E-state index in [1.165, 1.54) is 11.3 Å². The quantitative estimate of drug-likeness (QED) is 0.652. The van der Waals surface area contributed by atoms with Gasteiger partial charge in [-0.05, 0) is 65.2 Å². The number of fused-ring (bicyclic) bond motifs is 3. The Labute approximate surface area is 176 Å². The van der Waals surface area contributed by atoms with Crippen molar-refractivity contribution in [2.45, 2.75) is 65.0 Å². The number of carbonyl (C=O) groups excluding carboxylic acids is 1. The molecule has 3 aromatic rings. The summed E-state index contributed by atoms with van der Waals surface area (Å²) in [5.41, 5.74) is 6.00. The summed E-state index contributed by atoms with van der Waals surface area (Å²) < 4.78 is 7.71. The number of amides is 1. The van der Waals surface area contributed by atoms with Crippen LogP contribution in [0.2, 0.25) is 0 Å². The highest BCUT2D eigenvalue weighted by atomic mass is 16.6. The Morgan fingerprint density at radius 3 is 2.73 bits per heavy atom. The standard InChI is InChI=1S/C23H29N5O2/c1-14-15(2)25-20-17(14)10-16(12-24-20)18-11-19-23(7-9-28(19)26-18)6-8-27(13-23)21(29)30-22(3,4)5/h10-12H,6-9,13H2,1-5H3,(H,24,25). The van der Waals surface area contributed by atoms with Crippen molar-refractivity contribution < 1.29 is 9.53 Å². The number of nitrogens with zero attached hydrogens (tertiary/aromatic N) is 4. The molecule has 0 bridgehead atoms. The van der Waals surface area contributed by atoms with Gasteiger partial charge in [-0.25, -0.2) is 9.78 Å². The summed E-state index contributed by atoms with van der Waals surface area (Å²) in [4.78, 5) is 22.4. The fraction of sp³-hybridized carbons (Fsp3) is 0.522. The third-order valence-corrected chi connectivity index (χ3v) is 6.59. The number of ether oxygens (including phenoxy) is 1. The summed E-state index contributed by atoms with van der Waals surface area (Å²) in [5, 5.41) is 6.03. The van der Waals surface area contributed by atoms with E-state index in [2.05, 4.69) is 40.6 Å². The second kappa shape index (κ2) is 6.33. The van der Waals surface area contributed by atoms with Crippen LogP contribution < -0.4 is 0 Å². The Bertz CT molecular complexity index is 1150. The third-order valence-electron chi connectivity index (χ3n) is 6.59. The van der Waals surface area contributed by atoms with E-state index in [-0.39, 0.29) is 11.5 Å². The van der Waals surface area contributed by atoms with Crippen molar-refractivity contribution in [2.24, 2.45) is 0 Å². The molecule has 3 aromatic heterocycles. The van der Waals surface area contributed by atoms with Crippen LogP contribution in [0.5, 0.6) is 0 Å². The Hall–Kier alpha value is -2.83. The summed E-state index contributed by atoms with van der Waals surface area (Å²) in [6.45, 7) is 12.2. The second-order valence-corrected chi connectivity index (χ2v) is 9.82. The van der Waals surface area contributed by atoms with Gasteiger partial charge in [-0.1, -0.05) is 0 Å². The zero-order valence-corrected chi connectivity index (χ0v) is 18.4. The monoisotopic (exact) mass is 407 g/mol. The lowest BCUT2D eigenvalue weighted by atomic mass is 9.82. The molecule has 1 N–H and O–H groups in total. The number of nitrogens with one attached hydrogen (secondary N) is 1. The smallest absolute Gasteiger partial charge is 0.410 e. The number of likely N-dealkylation sites (tertiary alicyclic amines) is 1. The topological polar surface area (TPSA) is 76.0 Å². The molecular formula is C23H29N5O2. The number of aryl methyl sites for hydroxylation is 3. The first kappa shape index (κ1) is 19.2. The van der Waals surface area contributed by atoms with Crippen molar-refractivity contribution >= 4 is 17.1 Å². The number of pyridine rings is 1. The Morgan fingerprint density at radius 2 is 1.97 bits per heavy atom. The third kappa shape index (κ3) is 2.99. The molecule has 5 rings (SSSR count). The van der Waals surface area contributed by atoms with Crippen LogP contribution in [0.3, 0.4) is 0 Å². The van der Waals surface area contributed by atoms with Crippen molar-refractivity contribution in [1.82, 2.24) is 24.6 Å². The average Bonchev–Trinajstić information content (AvgIpc) is 3.41. The van der Waals surface area contributed by atoms with Crippen molar-refractivity contribution in [3.05, 3.63) is 35.3 Å². The van der Waals surface area contributed by atoms with E-state index in [1.807, 2.05) is 31.9 Å². The highest BCUT2D eigenvalue weighted by Gasteiger charge is 2.47. The van der Waals surface area contributed by atoms with Crippen molar-refractivity contribution in [2.75, 3.05) is 13.1 Å². The van der Waals surface area contributed by atoms with Gasteiger partial charge in [0, 0.05) is 53.6 Å². The normalized spacial score (nSPS) is 21.0. The molecule has 0 saturated carbocycles. The molecule has 1 unspecified atom stereocenters. The minimum Gasteiger partial charge on any atom is -0.444 e. The molecule has 1 fully saturated rings. The van der Waals surface area contributed by atoms with Crippen LogP contribution in [0.25, 0.3) is 22.3 Å². The number of rotatable bonds is 1.